The van der Waals surface area contributed by atoms with E-state index in [2.05, 4.69) is 66.4 Å². The molecule has 2 heteroatoms. The van der Waals surface area contributed by atoms with Gasteiger partial charge in [-0.05, 0) is 62.9 Å². The van der Waals surface area contributed by atoms with Gasteiger partial charge in [0, 0.05) is 5.56 Å². The molecule has 1 fully saturated rings. The highest BCUT2D eigenvalue weighted by Gasteiger charge is 2.14. The Morgan fingerprint density at radius 1 is 0.923 bits per heavy atom. The molecular formula is C24H31NO. The van der Waals surface area contributed by atoms with Crippen molar-refractivity contribution in [1.82, 2.24) is 4.90 Å². The van der Waals surface area contributed by atoms with Gasteiger partial charge in [0.2, 0.25) is 0 Å². The first-order valence-electron chi connectivity index (χ1n) is 9.98. The summed E-state index contributed by atoms with van der Waals surface area (Å²) in [6.45, 7) is 6.92. The lowest BCUT2D eigenvalue weighted by Gasteiger charge is -2.30. The lowest BCUT2D eigenvalue weighted by molar-refractivity contribution is 0.185. The average Bonchev–Trinajstić information content (AvgIpc) is 2.69. The zero-order valence-electron chi connectivity index (χ0n) is 15.9. The van der Waals surface area contributed by atoms with Crippen LogP contribution >= 0.6 is 0 Å². The molecule has 2 aromatic carbocycles. The second-order valence-electron chi connectivity index (χ2n) is 7.36. The Morgan fingerprint density at radius 3 is 2.46 bits per heavy atom. The van der Waals surface area contributed by atoms with Crippen LogP contribution in [-0.2, 0) is 0 Å². The Hall–Kier alpha value is -2.06. The molecule has 138 valence electrons. The summed E-state index contributed by atoms with van der Waals surface area (Å²) in [6, 6.07) is 18.7. The molecule has 0 atom stereocenters. The van der Waals surface area contributed by atoms with E-state index in [0.29, 0.717) is 0 Å². The summed E-state index contributed by atoms with van der Waals surface area (Å²) in [5.74, 6) is 1.89. The molecule has 2 aromatic rings. The number of piperidine rings is 1. The first-order valence-corrected chi connectivity index (χ1v) is 9.98. The molecule has 1 heterocycles. The molecule has 1 aliphatic heterocycles. The van der Waals surface area contributed by atoms with Gasteiger partial charge in [-0.25, -0.2) is 0 Å². The van der Waals surface area contributed by atoms with Crippen molar-refractivity contribution in [3.63, 3.8) is 0 Å². The van der Waals surface area contributed by atoms with Crippen molar-refractivity contribution in [2.75, 3.05) is 26.2 Å². The summed E-state index contributed by atoms with van der Waals surface area (Å²) < 4.78 is 6.06. The standard InChI is InChI=1S/C24H31NO/c1-21-15-18-25(19-16-21)17-7-8-20-26-24-12-6-5-11-23(24)14-13-22-9-3-2-4-10-22/h2-6,9-14,21H,7-8,15-20H2,1H3. The molecule has 0 saturated carbocycles. The van der Waals surface area contributed by atoms with Crippen molar-refractivity contribution in [3.05, 3.63) is 65.7 Å². The number of hydrogen-bond donors (Lipinski definition) is 0. The second kappa shape index (κ2) is 10.2. The molecular weight excluding hydrogens is 318 g/mol. The maximum Gasteiger partial charge on any atom is 0.126 e. The number of likely N-dealkylation sites (tertiary alicyclic amines) is 1. The van der Waals surface area contributed by atoms with Crippen molar-refractivity contribution in [2.24, 2.45) is 5.92 Å². The second-order valence-corrected chi connectivity index (χ2v) is 7.36. The van der Waals surface area contributed by atoms with Gasteiger partial charge in [0.25, 0.3) is 0 Å². The van der Waals surface area contributed by atoms with Crippen LogP contribution in [0.25, 0.3) is 12.2 Å². The number of hydrogen-bond acceptors (Lipinski definition) is 2. The Morgan fingerprint density at radius 2 is 1.65 bits per heavy atom. The molecule has 0 unspecified atom stereocenters. The average molecular weight is 350 g/mol. The van der Waals surface area contributed by atoms with Gasteiger partial charge >= 0.3 is 0 Å². The molecule has 0 N–H and O–H groups in total. The Bertz CT molecular complexity index is 672. The van der Waals surface area contributed by atoms with E-state index in [1.807, 2.05) is 12.1 Å². The zero-order valence-corrected chi connectivity index (χ0v) is 15.9. The first kappa shape index (κ1) is 18.7. The third-order valence-electron chi connectivity index (χ3n) is 5.18. The molecule has 2 nitrogen and oxygen atoms in total. The van der Waals surface area contributed by atoms with Crippen LogP contribution in [0.1, 0.15) is 43.7 Å². The molecule has 0 spiro atoms. The Labute approximate surface area is 158 Å². The van der Waals surface area contributed by atoms with Crippen LogP contribution in [0.2, 0.25) is 0 Å². The van der Waals surface area contributed by atoms with E-state index < -0.39 is 0 Å². The summed E-state index contributed by atoms with van der Waals surface area (Å²) in [5.41, 5.74) is 2.35. The summed E-state index contributed by atoms with van der Waals surface area (Å²) in [4.78, 5) is 2.61. The quantitative estimate of drug-likeness (QED) is 0.444. The van der Waals surface area contributed by atoms with Crippen molar-refractivity contribution < 1.29 is 4.74 Å². The van der Waals surface area contributed by atoms with E-state index >= 15 is 0 Å². The van der Waals surface area contributed by atoms with Gasteiger partial charge in [-0.15, -0.1) is 0 Å². The molecule has 3 rings (SSSR count). The van der Waals surface area contributed by atoms with Gasteiger partial charge in [-0.3, -0.25) is 0 Å². The molecule has 1 aliphatic rings. The summed E-state index contributed by atoms with van der Waals surface area (Å²) in [6.07, 6.45) is 9.33. The van der Waals surface area contributed by atoms with E-state index in [-0.39, 0.29) is 0 Å². The van der Waals surface area contributed by atoms with Crippen molar-refractivity contribution in [1.29, 1.82) is 0 Å². The third kappa shape index (κ3) is 6.03. The van der Waals surface area contributed by atoms with Gasteiger partial charge in [0.15, 0.2) is 0 Å². The van der Waals surface area contributed by atoms with Crippen LogP contribution in [0.15, 0.2) is 54.6 Å². The van der Waals surface area contributed by atoms with Gasteiger partial charge < -0.3 is 9.64 Å². The van der Waals surface area contributed by atoms with Crippen molar-refractivity contribution in [3.8, 4) is 5.75 Å². The molecule has 1 saturated heterocycles. The maximum atomic E-state index is 6.06. The molecule has 26 heavy (non-hydrogen) atoms. The third-order valence-corrected chi connectivity index (χ3v) is 5.18. The SMILES string of the molecule is CC1CCN(CCCCOc2ccccc2C=Cc2ccccc2)CC1. The molecule has 0 bridgehead atoms. The largest absolute Gasteiger partial charge is 0.493 e. The summed E-state index contributed by atoms with van der Waals surface area (Å²) in [5, 5.41) is 0. The van der Waals surface area contributed by atoms with Crippen LogP contribution in [0.4, 0.5) is 0 Å². The van der Waals surface area contributed by atoms with Crippen LogP contribution in [-0.4, -0.2) is 31.1 Å². The van der Waals surface area contributed by atoms with Gasteiger partial charge in [-0.1, -0.05) is 67.6 Å². The predicted octanol–water partition coefficient (Wildman–Crippen LogP) is 5.75. The highest BCUT2D eigenvalue weighted by atomic mass is 16.5. The minimum Gasteiger partial charge on any atom is -0.493 e. The Balaban J connectivity index is 1.43. The lowest BCUT2D eigenvalue weighted by Crippen LogP contribution is -2.33. The topological polar surface area (TPSA) is 12.5 Å². The maximum absolute atomic E-state index is 6.06. The smallest absolute Gasteiger partial charge is 0.126 e. The zero-order chi connectivity index (χ0) is 18.0. The van der Waals surface area contributed by atoms with E-state index in [9.17, 15) is 0 Å². The number of unbranched alkanes of at least 4 members (excludes halogenated alkanes) is 1. The number of para-hydroxylation sites is 1. The highest BCUT2D eigenvalue weighted by Crippen LogP contribution is 2.21. The van der Waals surface area contributed by atoms with Crippen LogP contribution in [0.5, 0.6) is 5.75 Å². The number of rotatable bonds is 8. The van der Waals surface area contributed by atoms with E-state index in [1.165, 1.54) is 44.5 Å². The molecule has 0 aliphatic carbocycles. The Kier molecular flexibility index (Phi) is 7.33. The summed E-state index contributed by atoms with van der Waals surface area (Å²) >= 11 is 0. The molecule has 0 radical (unpaired) electrons. The normalized spacial score (nSPS) is 16.2. The fraction of sp³-hybridized carbons (Fsp3) is 0.417. The minimum atomic E-state index is 0.792. The van der Waals surface area contributed by atoms with Crippen molar-refractivity contribution >= 4 is 12.2 Å². The lowest BCUT2D eigenvalue weighted by atomic mass is 9.99. The van der Waals surface area contributed by atoms with Crippen LogP contribution in [0, 0.1) is 5.92 Å². The number of benzene rings is 2. The highest BCUT2D eigenvalue weighted by molar-refractivity contribution is 5.72. The van der Waals surface area contributed by atoms with Gasteiger partial charge in [0.05, 0.1) is 6.61 Å². The molecule has 0 aromatic heterocycles. The van der Waals surface area contributed by atoms with Gasteiger partial charge in [-0.2, -0.15) is 0 Å². The van der Waals surface area contributed by atoms with E-state index in [1.54, 1.807) is 0 Å². The minimum absolute atomic E-state index is 0.792. The van der Waals surface area contributed by atoms with Crippen LogP contribution < -0.4 is 4.74 Å². The van der Waals surface area contributed by atoms with Crippen molar-refractivity contribution in [2.45, 2.75) is 32.6 Å². The number of ether oxygens (including phenoxy) is 1. The monoisotopic (exact) mass is 349 g/mol. The fourth-order valence-electron chi connectivity index (χ4n) is 3.41. The number of nitrogens with zero attached hydrogens (tertiary/aromatic N) is 1. The molecule has 0 amide bonds. The van der Waals surface area contributed by atoms with Gasteiger partial charge in [0.1, 0.15) is 5.75 Å². The predicted molar refractivity (Wildman–Crippen MR) is 111 cm³/mol. The van der Waals surface area contributed by atoms with E-state index in [4.69, 9.17) is 4.74 Å². The van der Waals surface area contributed by atoms with E-state index in [0.717, 1.165) is 30.3 Å². The fourth-order valence-corrected chi connectivity index (χ4v) is 3.41. The summed E-state index contributed by atoms with van der Waals surface area (Å²) in [7, 11) is 0. The van der Waals surface area contributed by atoms with Crippen LogP contribution in [0.3, 0.4) is 0 Å². The first-order chi connectivity index (χ1) is 12.8.